The Labute approximate surface area is 133 Å². The highest BCUT2D eigenvalue weighted by Crippen LogP contribution is 2.11. The molecule has 0 amide bonds. The maximum absolute atomic E-state index is 9.82. The second-order valence-corrected chi connectivity index (χ2v) is 6.72. The fourth-order valence-corrected chi connectivity index (χ4v) is 0.387. The van der Waals surface area contributed by atoms with Crippen LogP contribution < -0.4 is 5.73 Å². The Hall–Kier alpha value is -0.970. The van der Waals surface area contributed by atoms with Crippen molar-refractivity contribution in [2.24, 2.45) is 16.6 Å². The number of hydrogen-bond acceptors (Lipinski definition) is 4. The number of nitrogens with two attached hydrogens (primary N) is 1. The number of carbonyl (C=O) groups excluding carboxylic acids is 1. The van der Waals surface area contributed by atoms with E-state index in [9.17, 15) is 14.9 Å². The molecule has 0 heterocycles. The highest BCUT2D eigenvalue weighted by Gasteiger charge is 2.16. The van der Waals surface area contributed by atoms with Gasteiger partial charge in [0, 0.05) is 10.3 Å². The highest BCUT2D eigenvalue weighted by atomic mass is 16.6. The molecule has 0 bridgehead atoms. The van der Waals surface area contributed by atoms with Crippen molar-refractivity contribution in [3.8, 4) is 0 Å². The first-order valence-corrected chi connectivity index (χ1v) is 6.00. The van der Waals surface area contributed by atoms with Gasteiger partial charge < -0.3 is 10.5 Å². The van der Waals surface area contributed by atoms with E-state index in [0.717, 1.165) is 6.54 Å². The third kappa shape index (κ3) is 112. The Morgan fingerprint density at radius 2 is 1.14 bits per heavy atom. The van der Waals surface area contributed by atoms with Crippen molar-refractivity contribution in [3.05, 3.63) is 10.1 Å². The van der Waals surface area contributed by atoms with Gasteiger partial charge in [-0.2, -0.15) is 0 Å². The molecule has 0 saturated heterocycles. The lowest BCUT2D eigenvalue weighted by Gasteiger charge is -2.12. The molecule has 0 aliphatic rings. The van der Waals surface area contributed by atoms with Crippen LogP contribution in [0.5, 0.6) is 0 Å². The van der Waals surface area contributed by atoms with Gasteiger partial charge in [0.05, 0.1) is 0 Å². The van der Waals surface area contributed by atoms with Gasteiger partial charge in [-0.05, 0) is 25.8 Å². The van der Waals surface area contributed by atoms with Gasteiger partial charge in [0.2, 0.25) is 6.54 Å². The summed E-state index contributed by atoms with van der Waals surface area (Å²) in [4.78, 5) is 19.0. The number of hydrogen-bond donors (Lipinski definition) is 1. The molecule has 0 aromatic heterocycles. The molecule has 0 aliphatic heterocycles. The number of nitrogens with zero attached hydrogens (tertiary/aromatic N) is 1. The molecule has 21 heavy (non-hydrogen) atoms. The Balaban J connectivity index is -0.0000000393. The first kappa shape index (κ1) is 36.9. The van der Waals surface area contributed by atoms with E-state index in [1.807, 2.05) is 20.8 Å². The van der Waals surface area contributed by atoms with Crippen LogP contribution in [-0.4, -0.2) is 23.8 Å². The van der Waals surface area contributed by atoms with Crippen molar-refractivity contribution in [2.75, 3.05) is 13.1 Å². The van der Waals surface area contributed by atoms with Crippen LogP contribution in [0.4, 0.5) is 0 Å². The van der Waals surface area contributed by atoms with E-state index < -0.39 is 0 Å². The standard InChI is InChI=1S/C5H11NO2.C5H13N.C3H6O.3CH4/c1-5(2,3)4-6(7)8;1-5(2,3)4-6;1-3(2)4;;;/h4H2,1-3H3;4,6H2,1-3H3;1-2H3;3*1H4. The van der Waals surface area contributed by atoms with Crippen molar-refractivity contribution < 1.29 is 9.72 Å². The fraction of sp³-hybridized carbons (Fsp3) is 0.938. The average molecular weight is 311 g/mol. The molecule has 0 aliphatic carbocycles. The summed E-state index contributed by atoms with van der Waals surface area (Å²) in [6, 6.07) is 0. The lowest BCUT2D eigenvalue weighted by molar-refractivity contribution is -0.494. The molecule has 0 rings (SSSR count). The van der Waals surface area contributed by atoms with Crippen LogP contribution in [0.3, 0.4) is 0 Å². The van der Waals surface area contributed by atoms with Gasteiger partial charge in [-0.3, -0.25) is 10.1 Å². The van der Waals surface area contributed by atoms with Gasteiger partial charge in [-0.25, -0.2) is 0 Å². The zero-order valence-electron chi connectivity index (χ0n) is 13.2. The predicted octanol–water partition coefficient (Wildman–Crippen LogP) is 4.80. The monoisotopic (exact) mass is 310 g/mol. The summed E-state index contributed by atoms with van der Waals surface area (Å²) < 4.78 is 0. The van der Waals surface area contributed by atoms with Gasteiger partial charge >= 0.3 is 0 Å². The minimum absolute atomic E-state index is 0. The third-order valence-corrected chi connectivity index (χ3v) is 1.22. The zero-order valence-corrected chi connectivity index (χ0v) is 13.2. The lowest BCUT2D eigenvalue weighted by Crippen LogP contribution is -2.18. The largest absolute Gasteiger partial charge is 0.330 e. The molecule has 0 fully saturated rings. The summed E-state index contributed by atoms with van der Waals surface area (Å²) in [5, 5.41) is 9.82. The number of Topliss-reactive ketones (excluding diaryl/α,β-unsaturated/α-hetero) is 1. The van der Waals surface area contributed by atoms with Crippen molar-refractivity contribution in [2.45, 2.75) is 77.7 Å². The zero-order chi connectivity index (χ0) is 15.6. The van der Waals surface area contributed by atoms with Crippen LogP contribution in [0.25, 0.3) is 0 Å². The summed E-state index contributed by atoms with van der Waals surface area (Å²) in [6.07, 6.45) is 0. The van der Waals surface area contributed by atoms with E-state index in [2.05, 4.69) is 20.8 Å². The van der Waals surface area contributed by atoms with Crippen LogP contribution >= 0.6 is 0 Å². The summed E-state index contributed by atoms with van der Waals surface area (Å²) >= 11 is 0. The Morgan fingerprint density at radius 1 is 0.952 bits per heavy atom. The van der Waals surface area contributed by atoms with Crippen molar-refractivity contribution in [3.63, 3.8) is 0 Å². The number of ketones is 1. The fourth-order valence-electron chi connectivity index (χ4n) is 0.387. The van der Waals surface area contributed by atoms with E-state index in [1.165, 1.54) is 13.8 Å². The average Bonchev–Trinajstić information content (AvgIpc) is 1.97. The van der Waals surface area contributed by atoms with Gasteiger partial charge in [-0.15, -0.1) is 0 Å². The maximum atomic E-state index is 9.82. The van der Waals surface area contributed by atoms with Gasteiger partial charge in [0.1, 0.15) is 5.78 Å². The SMILES string of the molecule is C.C.C.CC(C)(C)CN.CC(C)(C)C[N+](=O)[O-].CC(C)=O. The molecule has 5 nitrogen and oxygen atoms in total. The highest BCUT2D eigenvalue weighted by molar-refractivity contribution is 5.72. The molecule has 0 saturated carbocycles. The summed E-state index contributed by atoms with van der Waals surface area (Å²) in [7, 11) is 0. The molecule has 0 spiro atoms. The van der Waals surface area contributed by atoms with Crippen LogP contribution in [0.15, 0.2) is 0 Å². The summed E-state index contributed by atoms with van der Waals surface area (Å²) in [5.41, 5.74) is 5.45. The molecule has 134 valence electrons. The Bertz CT molecular complexity index is 235. The minimum Gasteiger partial charge on any atom is -0.330 e. The summed E-state index contributed by atoms with van der Waals surface area (Å²) in [5.74, 6) is 0.167. The van der Waals surface area contributed by atoms with Crippen LogP contribution in [-0.2, 0) is 4.79 Å². The Kier molecular flexibility index (Phi) is 30.0. The number of rotatable bonds is 1. The number of carbonyl (C=O) groups is 1. The van der Waals surface area contributed by atoms with E-state index in [-0.39, 0.29) is 44.9 Å². The Morgan fingerprint density at radius 3 is 1.14 bits per heavy atom. The summed E-state index contributed by atoms with van der Waals surface area (Å²) in [6.45, 7) is 15.8. The quantitative estimate of drug-likeness (QED) is 0.556. The van der Waals surface area contributed by atoms with E-state index >= 15 is 0 Å². The molecule has 0 aromatic rings. The van der Waals surface area contributed by atoms with Crippen LogP contribution in [0.2, 0.25) is 0 Å². The normalized spacial score (nSPS) is 9.00. The van der Waals surface area contributed by atoms with Crippen LogP contribution in [0, 0.1) is 20.9 Å². The molecular formula is C16H42N2O3. The van der Waals surface area contributed by atoms with E-state index in [4.69, 9.17) is 5.73 Å². The van der Waals surface area contributed by atoms with E-state index in [1.54, 1.807) is 0 Å². The topological polar surface area (TPSA) is 86.2 Å². The smallest absolute Gasteiger partial charge is 0.208 e. The molecule has 0 aromatic carbocycles. The first-order valence-electron chi connectivity index (χ1n) is 6.00. The molecule has 2 N–H and O–H groups in total. The van der Waals surface area contributed by atoms with Crippen molar-refractivity contribution in [1.29, 1.82) is 0 Å². The second kappa shape index (κ2) is 17.1. The maximum Gasteiger partial charge on any atom is 0.208 e. The van der Waals surface area contributed by atoms with Crippen LogP contribution in [0.1, 0.15) is 77.7 Å². The molecule has 0 atom stereocenters. The first-order chi connectivity index (χ1) is 7.71. The third-order valence-electron chi connectivity index (χ3n) is 1.22. The van der Waals surface area contributed by atoms with Crippen molar-refractivity contribution >= 4 is 5.78 Å². The predicted molar refractivity (Wildman–Crippen MR) is 96.4 cm³/mol. The van der Waals surface area contributed by atoms with Gasteiger partial charge in [-0.1, -0.05) is 63.8 Å². The second-order valence-electron chi connectivity index (χ2n) is 6.72. The van der Waals surface area contributed by atoms with E-state index in [0.29, 0.717) is 5.41 Å². The number of nitro groups is 1. The molecular weight excluding hydrogens is 268 g/mol. The molecule has 5 heteroatoms. The van der Waals surface area contributed by atoms with Crippen molar-refractivity contribution in [1.82, 2.24) is 0 Å². The molecule has 0 unspecified atom stereocenters. The molecule has 0 radical (unpaired) electrons. The van der Waals surface area contributed by atoms with Gasteiger partial charge in [0.15, 0.2) is 0 Å². The lowest BCUT2D eigenvalue weighted by atomic mass is 9.98. The van der Waals surface area contributed by atoms with Gasteiger partial charge in [0.25, 0.3) is 0 Å². The minimum atomic E-state index is -0.292.